The molecule has 1 nitrogen and oxygen atoms in total. The number of allylic oxidation sites excluding steroid dienone is 6. The van der Waals surface area contributed by atoms with E-state index in [1.165, 1.54) is 24.0 Å². The van der Waals surface area contributed by atoms with E-state index in [0.717, 1.165) is 29.6 Å². The molecule has 1 aromatic rings. The summed E-state index contributed by atoms with van der Waals surface area (Å²) in [6.45, 7) is 8.23. The van der Waals surface area contributed by atoms with E-state index in [1.54, 1.807) is 12.7 Å². The highest BCUT2D eigenvalue weighted by Crippen LogP contribution is 2.59. The van der Waals surface area contributed by atoms with Crippen LogP contribution in [0.25, 0.3) is 0 Å². The molecule has 0 saturated heterocycles. The van der Waals surface area contributed by atoms with Crippen molar-refractivity contribution in [3.63, 3.8) is 0 Å². The Morgan fingerprint density at radius 1 is 1.17 bits per heavy atom. The number of fused-ring (bicyclic) bond motifs is 2. The molecule has 1 aromatic carbocycles. The molecule has 0 N–H and O–H groups in total. The van der Waals surface area contributed by atoms with Crippen LogP contribution >= 0.6 is 0 Å². The lowest BCUT2D eigenvalue weighted by Gasteiger charge is -2.40. The summed E-state index contributed by atoms with van der Waals surface area (Å²) in [4.78, 5) is 0. The largest absolute Gasteiger partial charge is 0.497 e. The molecule has 5 rings (SSSR count). The topological polar surface area (TPSA) is 9.23 Å². The van der Waals surface area contributed by atoms with Gasteiger partial charge in [-0.25, -0.2) is 0 Å². The molecule has 1 saturated carbocycles. The standard InChI is InChI=1S/C22H24O/c1-4-14(2)22-20-13-21(22)19-12-16(19)6-5-7-18(20)15-8-10-17(23-3)11-9-15/h4-6,8-11,16,18-20H,1-2,7,12-13H2,3H3/b6-5-/t16-,18?,19?,20?/m0/s1. The third kappa shape index (κ3) is 2.39. The van der Waals surface area contributed by atoms with Gasteiger partial charge in [-0.1, -0.05) is 49.1 Å². The second-order valence-electron chi connectivity index (χ2n) is 7.03. The van der Waals surface area contributed by atoms with Gasteiger partial charge in [0.15, 0.2) is 0 Å². The van der Waals surface area contributed by atoms with E-state index in [1.807, 2.05) is 6.08 Å². The predicted molar refractivity (Wildman–Crippen MR) is 95.6 cm³/mol. The predicted octanol–water partition coefficient (Wildman–Crippen LogP) is 5.43. The molecule has 1 heteroatoms. The highest BCUT2D eigenvalue weighted by molar-refractivity contribution is 5.53. The number of hydrogen-bond acceptors (Lipinski definition) is 1. The van der Waals surface area contributed by atoms with Crippen molar-refractivity contribution in [1.29, 1.82) is 0 Å². The van der Waals surface area contributed by atoms with Crippen molar-refractivity contribution >= 4 is 0 Å². The van der Waals surface area contributed by atoms with E-state index in [4.69, 9.17) is 4.74 Å². The maximum atomic E-state index is 5.30. The molecule has 23 heavy (non-hydrogen) atoms. The molecule has 4 aliphatic carbocycles. The van der Waals surface area contributed by atoms with Crippen LogP contribution in [-0.2, 0) is 0 Å². The van der Waals surface area contributed by atoms with Gasteiger partial charge in [0.2, 0.25) is 0 Å². The van der Waals surface area contributed by atoms with E-state index >= 15 is 0 Å². The number of ether oxygens (including phenoxy) is 1. The van der Waals surface area contributed by atoms with Crippen molar-refractivity contribution in [2.45, 2.75) is 25.2 Å². The molecule has 0 amide bonds. The highest BCUT2D eigenvalue weighted by atomic mass is 16.5. The molecule has 2 bridgehead atoms. The molecule has 4 aliphatic rings. The summed E-state index contributed by atoms with van der Waals surface area (Å²) in [5.41, 5.74) is 5.72. The number of methoxy groups -OCH3 is 1. The molecular formula is C22H24O. The number of benzene rings is 1. The maximum Gasteiger partial charge on any atom is 0.118 e. The van der Waals surface area contributed by atoms with Crippen LogP contribution in [0.1, 0.15) is 30.7 Å². The molecular weight excluding hydrogens is 280 g/mol. The van der Waals surface area contributed by atoms with Crippen molar-refractivity contribution in [2.75, 3.05) is 7.11 Å². The smallest absolute Gasteiger partial charge is 0.118 e. The average molecular weight is 304 g/mol. The third-order valence-corrected chi connectivity index (χ3v) is 5.84. The van der Waals surface area contributed by atoms with Crippen molar-refractivity contribution in [1.82, 2.24) is 0 Å². The summed E-state index contributed by atoms with van der Waals surface area (Å²) in [6.07, 6.45) is 10.5. The fourth-order valence-electron chi connectivity index (χ4n) is 4.42. The average Bonchev–Trinajstić information content (AvgIpc) is 3.30. The van der Waals surface area contributed by atoms with Gasteiger partial charge >= 0.3 is 0 Å². The molecule has 4 atom stereocenters. The Hall–Kier alpha value is -2.02. The van der Waals surface area contributed by atoms with Crippen LogP contribution in [0.5, 0.6) is 5.75 Å². The highest BCUT2D eigenvalue weighted by Gasteiger charge is 2.47. The van der Waals surface area contributed by atoms with Gasteiger partial charge in [-0.05, 0) is 71.8 Å². The second kappa shape index (κ2) is 5.56. The van der Waals surface area contributed by atoms with Crippen LogP contribution < -0.4 is 4.74 Å². The lowest BCUT2D eigenvalue weighted by molar-refractivity contribution is 0.411. The maximum absolute atomic E-state index is 5.30. The molecule has 0 aliphatic heterocycles. The Labute approximate surface area is 139 Å². The summed E-state index contributed by atoms with van der Waals surface area (Å²) in [5, 5.41) is 0. The first-order valence-corrected chi connectivity index (χ1v) is 8.58. The summed E-state index contributed by atoms with van der Waals surface area (Å²) in [7, 11) is 1.72. The molecule has 0 radical (unpaired) electrons. The molecule has 3 unspecified atom stereocenters. The molecule has 1 fully saturated rings. The van der Waals surface area contributed by atoms with Crippen molar-refractivity contribution < 1.29 is 4.74 Å². The van der Waals surface area contributed by atoms with Crippen molar-refractivity contribution in [3.8, 4) is 5.75 Å². The number of hydrogen-bond donors (Lipinski definition) is 0. The zero-order valence-electron chi connectivity index (χ0n) is 13.8. The fourth-order valence-corrected chi connectivity index (χ4v) is 4.42. The van der Waals surface area contributed by atoms with E-state index < -0.39 is 0 Å². The zero-order valence-corrected chi connectivity index (χ0v) is 13.8. The Morgan fingerprint density at radius 2 is 1.96 bits per heavy atom. The quantitative estimate of drug-likeness (QED) is 0.532. The lowest BCUT2D eigenvalue weighted by atomic mass is 9.64. The Morgan fingerprint density at radius 3 is 2.65 bits per heavy atom. The van der Waals surface area contributed by atoms with Gasteiger partial charge in [-0.15, -0.1) is 0 Å². The first-order valence-electron chi connectivity index (χ1n) is 8.58. The van der Waals surface area contributed by atoms with Crippen molar-refractivity contribution in [3.05, 3.63) is 77.9 Å². The Bertz CT molecular complexity index is 704. The van der Waals surface area contributed by atoms with Gasteiger partial charge in [0, 0.05) is 0 Å². The minimum Gasteiger partial charge on any atom is -0.497 e. The van der Waals surface area contributed by atoms with Crippen LogP contribution in [0.3, 0.4) is 0 Å². The van der Waals surface area contributed by atoms with E-state index in [-0.39, 0.29) is 0 Å². The van der Waals surface area contributed by atoms with Gasteiger partial charge in [0.25, 0.3) is 0 Å². The molecule has 0 aromatic heterocycles. The van der Waals surface area contributed by atoms with Crippen LogP contribution in [0, 0.1) is 17.8 Å². The SMILES string of the molecule is C=CC(=C)C1=C2CC1C(c1ccc(OC)cc1)C/C=C\[C@H]1CC21. The third-order valence-electron chi connectivity index (χ3n) is 5.84. The van der Waals surface area contributed by atoms with E-state index in [0.29, 0.717) is 11.8 Å². The summed E-state index contributed by atoms with van der Waals surface area (Å²) in [5.74, 6) is 3.60. The van der Waals surface area contributed by atoms with Crippen LogP contribution in [0.15, 0.2) is 72.4 Å². The van der Waals surface area contributed by atoms with Crippen molar-refractivity contribution in [2.24, 2.45) is 17.8 Å². The van der Waals surface area contributed by atoms with Crippen LogP contribution in [-0.4, -0.2) is 7.11 Å². The van der Waals surface area contributed by atoms with Gasteiger partial charge in [0.05, 0.1) is 7.11 Å². The summed E-state index contributed by atoms with van der Waals surface area (Å²) in [6, 6.07) is 8.60. The first kappa shape index (κ1) is 14.6. The molecule has 0 heterocycles. The van der Waals surface area contributed by atoms with E-state index in [9.17, 15) is 0 Å². The minimum atomic E-state index is 0.533. The van der Waals surface area contributed by atoms with Crippen LogP contribution in [0.4, 0.5) is 0 Å². The zero-order chi connectivity index (χ0) is 16.0. The second-order valence-corrected chi connectivity index (χ2v) is 7.03. The van der Waals surface area contributed by atoms with E-state index in [2.05, 4.69) is 49.6 Å². The molecule has 118 valence electrons. The van der Waals surface area contributed by atoms with Crippen LogP contribution in [0.2, 0.25) is 0 Å². The first-order chi connectivity index (χ1) is 11.2. The van der Waals surface area contributed by atoms with Gasteiger partial charge in [-0.2, -0.15) is 0 Å². The van der Waals surface area contributed by atoms with Gasteiger partial charge < -0.3 is 4.74 Å². The monoisotopic (exact) mass is 304 g/mol. The lowest BCUT2D eigenvalue weighted by Crippen LogP contribution is -2.27. The summed E-state index contributed by atoms with van der Waals surface area (Å²) >= 11 is 0. The van der Waals surface area contributed by atoms with Gasteiger partial charge in [-0.3, -0.25) is 0 Å². The molecule has 0 spiro atoms. The minimum absolute atomic E-state index is 0.533. The Kier molecular flexibility index (Phi) is 3.52. The number of rotatable bonds is 4. The Balaban J connectivity index is 1.70. The normalized spacial score (nSPS) is 32.6. The summed E-state index contributed by atoms with van der Waals surface area (Å²) < 4.78 is 5.30. The fraction of sp³-hybridized carbons (Fsp3) is 0.364. The van der Waals surface area contributed by atoms with Gasteiger partial charge in [0.1, 0.15) is 5.75 Å².